The molecule has 4 rings (SSSR count). The Balaban J connectivity index is 1.35. The monoisotopic (exact) mass is 298 g/mol. The molecule has 2 bridgehead atoms. The Labute approximate surface area is 132 Å². The SMILES string of the molecule is O=C(Cc1ccc2c(c1)CCCC2)NC1CC2CCC(C1)N2. The number of carbonyl (C=O) groups excluding carboxylic acids is 1. The Kier molecular flexibility index (Phi) is 3.91. The molecule has 0 saturated carbocycles. The van der Waals surface area contributed by atoms with E-state index in [4.69, 9.17) is 0 Å². The predicted molar refractivity (Wildman–Crippen MR) is 87.9 cm³/mol. The van der Waals surface area contributed by atoms with Crippen molar-refractivity contribution in [1.29, 1.82) is 0 Å². The number of aryl methyl sites for hydroxylation is 2. The van der Waals surface area contributed by atoms with Gasteiger partial charge < -0.3 is 10.6 Å². The van der Waals surface area contributed by atoms with Crippen molar-refractivity contribution in [2.24, 2.45) is 0 Å². The van der Waals surface area contributed by atoms with Crippen molar-refractivity contribution < 1.29 is 4.79 Å². The van der Waals surface area contributed by atoms with Crippen LogP contribution in [0.2, 0.25) is 0 Å². The molecule has 2 heterocycles. The van der Waals surface area contributed by atoms with Crippen molar-refractivity contribution in [3.8, 4) is 0 Å². The van der Waals surface area contributed by atoms with Crippen LogP contribution in [-0.4, -0.2) is 24.0 Å². The van der Waals surface area contributed by atoms with Crippen molar-refractivity contribution in [3.63, 3.8) is 0 Å². The Morgan fingerprint density at radius 1 is 1.09 bits per heavy atom. The van der Waals surface area contributed by atoms with Crippen LogP contribution in [0, 0.1) is 0 Å². The second-order valence-electron chi connectivity index (χ2n) is 7.36. The van der Waals surface area contributed by atoms with Crippen LogP contribution < -0.4 is 10.6 Å². The van der Waals surface area contributed by atoms with E-state index in [-0.39, 0.29) is 5.91 Å². The first-order valence-electron chi connectivity index (χ1n) is 8.92. The minimum Gasteiger partial charge on any atom is -0.353 e. The Morgan fingerprint density at radius 2 is 1.82 bits per heavy atom. The molecule has 118 valence electrons. The molecule has 0 radical (unpaired) electrons. The molecule has 1 amide bonds. The van der Waals surface area contributed by atoms with E-state index in [0.717, 1.165) is 12.8 Å². The average Bonchev–Trinajstić information content (AvgIpc) is 2.86. The van der Waals surface area contributed by atoms with E-state index in [2.05, 4.69) is 28.8 Å². The summed E-state index contributed by atoms with van der Waals surface area (Å²) in [5.74, 6) is 0.196. The molecule has 3 nitrogen and oxygen atoms in total. The maximum absolute atomic E-state index is 12.4. The Hall–Kier alpha value is -1.35. The van der Waals surface area contributed by atoms with Gasteiger partial charge in [-0.1, -0.05) is 18.2 Å². The lowest BCUT2D eigenvalue weighted by Gasteiger charge is -2.29. The van der Waals surface area contributed by atoms with Gasteiger partial charge in [-0.2, -0.15) is 0 Å². The highest BCUT2D eigenvalue weighted by molar-refractivity contribution is 5.79. The van der Waals surface area contributed by atoms with Gasteiger partial charge >= 0.3 is 0 Å². The fourth-order valence-electron chi connectivity index (χ4n) is 4.54. The summed E-state index contributed by atoms with van der Waals surface area (Å²) in [7, 11) is 0. The van der Waals surface area contributed by atoms with Crippen LogP contribution in [0.1, 0.15) is 55.2 Å². The van der Waals surface area contributed by atoms with E-state index in [9.17, 15) is 4.79 Å². The number of piperidine rings is 1. The topological polar surface area (TPSA) is 41.1 Å². The van der Waals surface area contributed by atoms with Gasteiger partial charge in [0, 0.05) is 18.1 Å². The van der Waals surface area contributed by atoms with Gasteiger partial charge in [0.1, 0.15) is 0 Å². The lowest BCUT2D eigenvalue weighted by atomic mass is 9.90. The van der Waals surface area contributed by atoms with Gasteiger partial charge in [-0.25, -0.2) is 0 Å². The summed E-state index contributed by atoms with van der Waals surface area (Å²) >= 11 is 0. The highest BCUT2D eigenvalue weighted by Crippen LogP contribution is 2.27. The molecule has 3 aliphatic rings. The van der Waals surface area contributed by atoms with Crippen LogP contribution in [0.5, 0.6) is 0 Å². The van der Waals surface area contributed by atoms with Gasteiger partial charge in [-0.15, -0.1) is 0 Å². The molecule has 0 spiro atoms. The quantitative estimate of drug-likeness (QED) is 0.900. The Bertz CT molecular complexity index is 557. The molecule has 1 aromatic carbocycles. The van der Waals surface area contributed by atoms with E-state index in [1.807, 2.05) is 0 Å². The molecule has 2 saturated heterocycles. The minimum atomic E-state index is 0.196. The van der Waals surface area contributed by atoms with Crippen molar-refractivity contribution in [3.05, 3.63) is 34.9 Å². The fourth-order valence-corrected chi connectivity index (χ4v) is 4.54. The van der Waals surface area contributed by atoms with E-state index in [1.165, 1.54) is 55.2 Å². The van der Waals surface area contributed by atoms with Gasteiger partial charge in [0.05, 0.1) is 6.42 Å². The fraction of sp³-hybridized carbons (Fsp3) is 0.632. The molecule has 3 heteroatoms. The molecule has 2 aliphatic heterocycles. The van der Waals surface area contributed by atoms with Gasteiger partial charge in [0.15, 0.2) is 0 Å². The average molecular weight is 298 g/mol. The van der Waals surface area contributed by atoms with Gasteiger partial charge in [-0.05, 0) is 68.1 Å². The van der Waals surface area contributed by atoms with E-state index in [1.54, 1.807) is 0 Å². The van der Waals surface area contributed by atoms with Crippen molar-refractivity contribution in [2.45, 2.75) is 75.9 Å². The third kappa shape index (κ3) is 3.05. The van der Waals surface area contributed by atoms with Gasteiger partial charge in [0.2, 0.25) is 5.91 Å². The van der Waals surface area contributed by atoms with Crippen LogP contribution in [-0.2, 0) is 24.1 Å². The summed E-state index contributed by atoms with van der Waals surface area (Å²) in [4.78, 5) is 12.4. The molecule has 0 aromatic heterocycles. The first-order chi connectivity index (χ1) is 10.8. The molecular formula is C19H26N2O. The molecule has 1 aromatic rings. The van der Waals surface area contributed by atoms with Crippen LogP contribution >= 0.6 is 0 Å². The minimum absolute atomic E-state index is 0.196. The molecule has 2 unspecified atom stereocenters. The third-order valence-corrected chi connectivity index (χ3v) is 5.62. The summed E-state index contributed by atoms with van der Waals surface area (Å²) in [6.45, 7) is 0. The zero-order chi connectivity index (χ0) is 14.9. The zero-order valence-corrected chi connectivity index (χ0v) is 13.2. The number of benzene rings is 1. The number of hydrogen-bond acceptors (Lipinski definition) is 2. The summed E-state index contributed by atoms with van der Waals surface area (Å²) in [6, 6.07) is 8.29. The molecular weight excluding hydrogens is 272 g/mol. The van der Waals surface area contributed by atoms with Crippen molar-refractivity contribution >= 4 is 5.91 Å². The standard InChI is InChI=1S/C19H26N2O/c22-19(21-18-11-16-7-8-17(12-18)20-16)10-13-5-6-14-3-1-2-4-15(14)9-13/h5-6,9,16-18,20H,1-4,7-8,10-12H2,(H,21,22). The maximum atomic E-state index is 12.4. The van der Waals surface area contributed by atoms with Gasteiger partial charge in [0.25, 0.3) is 0 Å². The number of rotatable bonds is 3. The van der Waals surface area contributed by atoms with Crippen LogP contribution in [0.3, 0.4) is 0 Å². The van der Waals surface area contributed by atoms with Crippen molar-refractivity contribution in [1.82, 2.24) is 10.6 Å². The first kappa shape index (κ1) is 14.3. The number of hydrogen-bond donors (Lipinski definition) is 2. The second kappa shape index (κ2) is 6.04. The van der Waals surface area contributed by atoms with E-state index < -0.39 is 0 Å². The molecule has 2 N–H and O–H groups in total. The first-order valence-corrected chi connectivity index (χ1v) is 8.92. The lowest BCUT2D eigenvalue weighted by molar-refractivity contribution is -0.121. The van der Waals surface area contributed by atoms with Crippen LogP contribution in [0.15, 0.2) is 18.2 Å². The lowest BCUT2D eigenvalue weighted by Crippen LogP contribution is -2.48. The number of fused-ring (bicyclic) bond motifs is 3. The van der Waals surface area contributed by atoms with Crippen molar-refractivity contribution in [2.75, 3.05) is 0 Å². The largest absolute Gasteiger partial charge is 0.353 e. The number of amides is 1. The number of carbonyl (C=O) groups is 1. The summed E-state index contributed by atoms with van der Waals surface area (Å²) in [6.07, 6.45) is 10.3. The smallest absolute Gasteiger partial charge is 0.224 e. The number of nitrogens with one attached hydrogen (secondary N) is 2. The third-order valence-electron chi connectivity index (χ3n) is 5.62. The molecule has 2 fully saturated rings. The maximum Gasteiger partial charge on any atom is 0.224 e. The molecule has 2 atom stereocenters. The highest BCUT2D eigenvalue weighted by Gasteiger charge is 2.33. The highest BCUT2D eigenvalue weighted by atomic mass is 16.1. The summed E-state index contributed by atoms with van der Waals surface area (Å²) in [5.41, 5.74) is 4.14. The van der Waals surface area contributed by atoms with E-state index in [0.29, 0.717) is 24.5 Å². The summed E-state index contributed by atoms with van der Waals surface area (Å²) < 4.78 is 0. The van der Waals surface area contributed by atoms with Crippen LogP contribution in [0.4, 0.5) is 0 Å². The molecule has 1 aliphatic carbocycles. The Morgan fingerprint density at radius 3 is 2.59 bits per heavy atom. The van der Waals surface area contributed by atoms with Gasteiger partial charge in [-0.3, -0.25) is 4.79 Å². The van der Waals surface area contributed by atoms with Crippen LogP contribution in [0.25, 0.3) is 0 Å². The normalized spacial score (nSPS) is 29.9. The van der Waals surface area contributed by atoms with E-state index >= 15 is 0 Å². The predicted octanol–water partition coefficient (Wildman–Crippen LogP) is 2.51. The second-order valence-corrected chi connectivity index (χ2v) is 7.36. The zero-order valence-electron chi connectivity index (χ0n) is 13.2. The molecule has 22 heavy (non-hydrogen) atoms. The summed E-state index contributed by atoms with van der Waals surface area (Å²) in [5, 5.41) is 6.90.